The summed E-state index contributed by atoms with van der Waals surface area (Å²) in [4.78, 5) is 19.5. The molecule has 9 heteroatoms. The fourth-order valence-corrected chi connectivity index (χ4v) is 2.61. The van der Waals surface area contributed by atoms with Gasteiger partial charge < -0.3 is 16.0 Å². The minimum Gasteiger partial charge on any atom is -0.369 e. The van der Waals surface area contributed by atoms with Crippen LogP contribution in [-0.2, 0) is 11.0 Å². The predicted octanol–water partition coefficient (Wildman–Crippen LogP) is 3.94. The Labute approximate surface area is 157 Å². The topological polar surface area (TPSA) is 78.9 Å². The van der Waals surface area contributed by atoms with E-state index in [-0.39, 0.29) is 30.1 Å². The number of amides is 1. The highest BCUT2D eigenvalue weighted by molar-refractivity contribution is 5.79. The van der Waals surface area contributed by atoms with Gasteiger partial charge in [0.05, 0.1) is 0 Å². The Hall–Kier alpha value is -2.32. The Kier molecular flexibility index (Phi) is 7.44. The molecule has 0 aliphatic heterocycles. The molecule has 0 unspecified atom stereocenters. The molecule has 0 aromatic carbocycles. The second kappa shape index (κ2) is 9.57. The second-order valence-corrected chi connectivity index (χ2v) is 6.45. The number of anilines is 2. The van der Waals surface area contributed by atoms with Crippen molar-refractivity contribution in [3.63, 3.8) is 0 Å². The first-order chi connectivity index (χ1) is 12.8. The lowest BCUT2D eigenvalue weighted by molar-refractivity contribution is -0.137. The fraction of sp³-hybridized carbons (Fsp3) is 0.611. The summed E-state index contributed by atoms with van der Waals surface area (Å²) in [6.07, 6.45) is 2.15. The largest absolute Gasteiger partial charge is 0.421 e. The Morgan fingerprint density at radius 2 is 2.07 bits per heavy atom. The molecule has 0 bridgehead atoms. The van der Waals surface area contributed by atoms with Gasteiger partial charge in [-0.15, -0.1) is 0 Å². The van der Waals surface area contributed by atoms with Crippen LogP contribution in [0, 0.1) is 5.92 Å². The van der Waals surface area contributed by atoms with Crippen molar-refractivity contribution in [2.24, 2.45) is 5.92 Å². The van der Waals surface area contributed by atoms with E-state index in [1.54, 1.807) is 0 Å². The molecule has 27 heavy (non-hydrogen) atoms. The number of nitrogens with one attached hydrogen (secondary N) is 3. The molecule has 1 heterocycles. The van der Waals surface area contributed by atoms with Gasteiger partial charge in [0.25, 0.3) is 0 Å². The Morgan fingerprint density at radius 1 is 1.33 bits per heavy atom. The quantitative estimate of drug-likeness (QED) is 0.561. The molecule has 1 fully saturated rings. The van der Waals surface area contributed by atoms with Crippen LogP contribution in [0.4, 0.5) is 24.9 Å². The highest BCUT2D eigenvalue weighted by atomic mass is 19.4. The monoisotopic (exact) mass is 385 g/mol. The first-order valence-corrected chi connectivity index (χ1v) is 9.23. The first-order valence-electron chi connectivity index (χ1n) is 9.23. The van der Waals surface area contributed by atoms with E-state index in [1.807, 2.05) is 19.9 Å². The second-order valence-electron chi connectivity index (χ2n) is 6.45. The van der Waals surface area contributed by atoms with E-state index >= 15 is 0 Å². The summed E-state index contributed by atoms with van der Waals surface area (Å²) in [5, 5.41) is 8.45. The molecule has 0 radical (unpaired) electrons. The molecular weight excluding hydrogens is 359 g/mol. The summed E-state index contributed by atoms with van der Waals surface area (Å²) < 4.78 is 39.5. The van der Waals surface area contributed by atoms with Crippen LogP contribution in [0.2, 0.25) is 0 Å². The fourth-order valence-electron chi connectivity index (χ4n) is 2.61. The zero-order chi connectivity index (χ0) is 19.9. The molecule has 0 atom stereocenters. The van der Waals surface area contributed by atoms with Gasteiger partial charge in [0.1, 0.15) is 11.4 Å². The molecule has 1 saturated carbocycles. The maximum Gasteiger partial charge on any atom is 0.421 e. The van der Waals surface area contributed by atoms with Crippen LogP contribution in [0.5, 0.6) is 0 Å². The minimum atomic E-state index is -4.55. The maximum atomic E-state index is 13.2. The van der Waals surface area contributed by atoms with Gasteiger partial charge >= 0.3 is 6.18 Å². The molecule has 3 N–H and O–H groups in total. The van der Waals surface area contributed by atoms with E-state index in [9.17, 15) is 18.0 Å². The summed E-state index contributed by atoms with van der Waals surface area (Å²) in [5.41, 5.74) is -0.0931. The zero-order valence-electron chi connectivity index (χ0n) is 15.6. The van der Waals surface area contributed by atoms with Crippen LogP contribution < -0.4 is 16.0 Å². The van der Waals surface area contributed by atoms with Crippen molar-refractivity contribution in [1.82, 2.24) is 15.3 Å². The molecule has 1 aromatic rings. The lowest BCUT2D eigenvalue weighted by atomic mass is 9.85. The van der Waals surface area contributed by atoms with E-state index in [1.165, 1.54) is 0 Å². The molecule has 0 spiro atoms. The number of hydrogen-bond donors (Lipinski definition) is 3. The van der Waals surface area contributed by atoms with Crippen LogP contribution in [0.25, 0.3) is 0 Å². The van der Waals surface area contributed by atoms with Crippen molar-refractivity contribution in [3.05, 3.63) is 23.5 Å². The van der Waals surface area contributed by atoms with Crippen molar-refractivity contribution in [1.29, 1.82) is 0 Å². The number of aromatic nitrogens is 2. The van der Waals surface area contributed by atoms with Crippen LogP contribution >= 0.6 is 0 Å². The summed E-state index contributed by atoms with van der Waals surface area (Å²) >= 11 is 0. The van der Waals surface area contributed by atoms with E-state index in [4.69, 9.17) is 0 Å². The molecule has 1 aromatic heterocycles. The van der Waals surface area contributed by atoms with Gasteiger partial charge in [0.15, 0.2) is 0 Å². The predicted molar refractivity (Wildman–Crippen MR) is 98.2 cm³/mol. The number of nitrogens with zero attached hydrogens (tertiary/aromatic N) is 2. The lowest BCUT2D eigenvalue weighted by Crippen LogP contribution is -2.35. The molecule has 150 valence electrons. The Balaban J connectivity index is 1.94. The molecular formula is C18H26F3N5O. The van der Waals surface area contributed by atoms with Crippen molar-refractivity contribution >= 4 is 17.7 Å². The summed E-state index contributed by atoms with van der Waals surface area (Å²) in [6.45, 7) is 4.42. The van der Waals surface area contributed by atoms with Gasteiger partial charge in [-0.25, -0.2) is 4.98 Å². The number of alkyl halides is 3. The van der Waals surface area contributed by atoms with Gasteiger partial charge in [0, 0.05) is 30.9 Å². The van der Waals surface area contributed by atoms with Crippen molar-refractivity contribution in [2.75, 3.05) is 23.7 Å². The van der Waals surface area contributed by atoms with Gasteiger partial charge in [0.2, 0.25) is 11.9 Å². The summed E-state index contributed by atoms with van der Waals surface area (Å²) in [5.74, 6) is -0.0236. The zero-order valence-corrected chi connectivity index (χ0v) is 15.6. The average molecular weight is 385 g/mol. The maximum absolute atomic E-state index is 13.2. The molecule has 1 aliphatic carbocycles. The average Bonchev–Trinajstić information content (AvgIpc) is 2.57. The Morgan fingerprint density at radius 3 is 2.63 bits per heavy atom. The van der Waals surface area contributed by atoms with Gasteiger partial charge in [-0.05, 0) is 32.6 Å². The number of carbonyl (C=O) groups excluding carboxylic acids is 1. The third kappa shape index (κ3) is 6.11. The standard InChI is InChI=1S/C18H26F3N5O/c1-3-13(4-2)25-17-24-11-14(18(19,20)21)15(26-17)22-9-6-10-23-16(27)12-7-5-8-12/h3,11-12H,4-10H2,1-2H3,(H,23,27)(H2,22,24,25,26)/b13-3+. The number of rotatable bonds is 9. The van der Waals surface area contributed by atoms with E-state index < -0.39 is 11.7 Å². The number of halogens is 3. The third-order valence-electron chi connectivity index (χ3n) is 4.52. The van der Waals surface area contributed by atoms with Crippen LogP contribution in [0.1, 0.15) is 51.5 Å². The molecule has 0 saturated heterocycles. The van der Waals surface area contributed by atoms with E-state index in [0.717, 1.165) is 31.2 Å². The normalized spacial score (nSPS) is 15.2. The number of carbonyl (C=O) groups is 1. The van der Waals surface area contributed by atoms with E-state index in [0.29, 0.717) is 19.4 Å². The van der Waals surface area contributed by atoms with Gasteiger partial charge in [-0.1, -0.05) is 19.4 Å². The van der Waals surface area contributed by atoms with Gasteiger partial charge in [-0.3, -0.25) is 4.79 Å². The minimum absolute atomic E-state index is 0.0317. The smallest absolute Gasteiger partial charge is 0.369 e. The summed E-state index contributed by atoms with van der Waals surface area (Å²) in [6, 6.07) is 0. The Bertz CT molecular complexity index is 671. The van der Waals surface area contributed by atoms with Crippen LogP contribution in [-0.4, -0.2) is 29.0 Å². The van der Waals surface area contributed by atoms with Crippen molar-refractivity contribution in [3.8, 4) is 0 Å². The first kappa shape index (κ1) is 21.0. The van der Waals surface area contributed by atoms with Crippen LogP contribution in [0.15, 0.2) is 18.0 Å². The SMILES string of the molecule is C/C=C(\CC)Nc1ncc(C(F)(F)F)c(NCCCNC(=O)C2CCC2)n1. The van der Waals surface area contributed by atoms with Crippen LogP contribution in [0.3, 0.4) is 0 Å². The summed E-state index contributed by atoms with van der Waals surface area (Å²) in [7, 11) is 0. The van der Waals surface area contributed by atoms with E-state index in [2.05, 4.69) is 25.9 Å². The lowest BCUT2D eigenvalue weighted by Gasteiger charge is -2.24. The molecule has 2 rings (SSSR count). The van der Waals surface area contributed by atoms with Crippen molar-refractivity contribution < 1.29 is 18.0 Å². The third-order valence-corrected chi connectivity index (χ3v) is 4.52. The number of allylic oxidation sites excluding steroid dienone is 2. The van der Waals surface area contributed by atoms with Crippen molar-refractivity contribution in [2.45, 2.75) is 52.1 Å². The molecule has 1 aliphatic rings. The molecule has 1 amide bonds. The van der Waals surface area contributed by atoms with Gasteiger partial charge in [-0.2, -0.15) is 18.2 Å². The molecule has 6 nitrogen and oxygen atoms in total. The highest BCUT2D eigenvalue weighted by Gasteiger charge is 2.35. The number of hydrogen-bond acceptors (Lipinski definition) is 5. The highest BCUT2D eigenvalue weighted by Crippen LogP contribution is 2.34.